The van der Waals surface area contributed by atoms with Crippen molar-refractivity contribution in [1.82, 2.24) is 29.5 Å². The van der Waals surface area contributed by atoms with Gasteiger partial charge < -0.3 is 26.0 Å². The number of likely N-dealkylation sites (N-methyl/N-ethyl adjacent to an activating group) is 1. The molecular formula is C39H52N8O2. The maximum absolute atomic E-state index is 11.4. The first-order chi connectivity index (χ1) is 23.8. The van der Waals surface area contributed by atoms with Gasteiger partial charge in [0.15, 0.2) is 0 Å². The van der Waals surface area contributed by atoms with Crippen LogP contribution in [0.4, 0.5) is 5.82 Å². The number of piperidine rings is 1. The Balaban J connectivity index is 0.000000174. The molecule has 0 atom stereocenters. The molecule has 4 aromatic rings. The lowest BCUT2D eigenvalue weighted by Gasteiger charge is -2.32. The Kier molecular flexibility index (Phi) is 11.7. The molecule has 0 radical (unpaired) electrons. The lowest BCUT2D eigenvalue weighted by Crippen LogP contribution is -2.43. The van der Waals surface area contributed by atoms with Crippen LogP contribution in [0.25, 0.3) is 22.3 Å². The number of nitrogens with two attached hydrogens (primary N) is 2. The number of aromatic nitrogens is 3. The van der Waals surface area contributed by atoms with Crippen molar-refractivity contribution in [2.24, 2.45) is 5.73 Å². The molecule has 0 spiro atoms. The first kappa shape index (κ1) is 34.8. The van der Waals surface area contributed by atoms with Crippen LogP contribution in [0.1, 0.15) is 66.1 Å². The minimum absolute atomic E-state index is 0.152. The number of carbonyl (C=O) groups excluding carboxylic acids is 1. The number of hydrogen-bond donors (Lipinski definition) is 2. The van der Waals surface area contributed by atoms with Crippen LogP contribution in [0.3, 0.4) is 0 Å². The Morgan fingerprint density at radius 1 is 0.776 bits per heavy atom. The summed E-state index contributed by atoms with van der Waals surface area (Å²) in [6, 6.07) is 20.0. The van der Waals surface area contributed by atoms with Gasteiger partial charge in [0.1, 0.15) is 5.82 Å². The second kappa shape index (κ2) is 16.5. The molecule has 2 saturated heterocycles. The Labute approximate surface area is 291 Å². The molecule has 4 N–H and O–H groups in total. The molecule has 1 amide bonds. The van der Waals surface area contributed by atoms with Crippen LogP contribution in [0.5, 0.6) is 0 Å². The summed E-state index contributed by atoms with van der Waals surface area (Å²) < 4.78 is 8.02. The molecule has 3 fully saturated rings. The molecule has 3 aliphatic rings. The number of ether oxygens (including phenoxy) is 1. The average molecular weight is 665 g/mol. The summed E-state index contributed by atoms with van der Waals surface area (Å²) in [7, 11) is 4.34. The van der Waals surface area contributed by atoms with E-state index in [9.17, 15) is 4.79 Å². The van der Waals surface area contributed by atoms with Gasteiger partial charge in [0, 0.05) is 56.2 Å². The first-order valence-electron chi connectivity index (χ1n) is 17.8. The molecule has 7 rings (SSSR count). The number of primary amides is 1. The minimum atomic E-state index is -0.574. The highest BCUT2D eigenvalue weighted by molar-refractivity contribution is 5.98. The quantitative estimate of drug-likeness (QED) is 0.243. The monoisotopic (exact) mass is 664 g/mol. The summed E-state index contributed by atoms with van der Waals surface area (Å²) in [5, 5.41) is 4.46. The Morgan fingerprint density at radius 3 is 2.02 bits per heavy atom. The lowest BCUT2D eigenvalue weighted by atomic mass is 10.0. The van der Waals surface area contributed by atoms with Crippen molar-refractivity contribution in [3.63, 3.8) is 0 Å². The molecule has 260 valence electrons. The van der Waals surface area contributed by atoms with E-state index >= 15 is 0 Å². The first-order valence-corrected chi connectivity index (χ1v) is 17.8. The predicted molar refractivity (Wildman–Crippen MR) is 196 cm³/mol. The number of carbonyl (C=O) groups is 1. The largest absolute Gasteiger partial charge is 0.383 e. The van der Waals surface area contributed by atoms with E-state index < -0.39 is 5.91 Å². The van der Waals surface area contributed by atoms with Gasteiger partial charge in [-0.25, -0.2) is 4.98 Å². The van der Waals surface area contributed by atoms with Gasteiger partial charge in [-0.2, -0.15) is 5.10 Å². The molecule has 2 aliphatic heterocycles. The zero-order valence-corrected chi connectivity index (χ0v) is 29.1. The van der Waals surface area contributed by atoms with E-state index in [0.29, 0.717) is 12.1 Å². The normalized spacial score (nSPS) is 18.3. The van der Waals surface area contributed by atoms with Gasteiger partial charge in [-0.15, -0.1) is 0 Å². The molecule has 2 aromatic heterocycles. The van der Waals surface area contributed by atoms with E-state index in [-0.39, 0.29) is 11.4 Å². The van der Waals surface area contributed by atoms with Crippen molar-refractivity contribution in [1.29, 1.82) is 0 Å². The molecule has 10 nitrogen and oxygen atoms in total. The molecule has 10 heteroatoms. The molecular weight excluding hydrogens is 612 g/mol. The maximum atomic E-state index is 11.4. The van der Waals surface area contributed by atoms with Gasteiger partial charge in [-0.3, -0.25) is 14.4 Å². The summed E-state index contributed by atoms with van der Waals surface area (Å²) in [6.45, 7) is 8.65. The number of nitrogen functional groups attached to an aromatic ring is 1. The second-order valence-corrected chi connectivity index (χ2v) is 14.0. The van der Waals surface area contributed by atoms with Crippen molar-refractivity contribution >= 4 is 11.7 Å². The van der Waals surface area contributed by atoms with Crippen LogP contribution in [-0.4, -0.2) is 94.8 Å². The molecule has 4 heterocycles. The number of rotatable bonds is 9. The fraction of sp³-hybridized carbons (Fsp3) is 0.462. The number of hydrogen-bond acceptors (Lipinski definition) is 8. The van der Waals surface area contributed by atoms with Crippen LogP contribution in [0.15, 0.2) is 73.2 Å². The Bertz CT molecular complexity index is 1630. The maximum Gasteiger partial charge on any atom is 0.252 e. The van der Waals surface area contributed by atoms with Crippen LogP contribution >= 0.6 is 0 Å². The third-order valence-electron chi connectivity index (χ3n) is 10.2. The van der Waals surface area contributed by atoms with Crippen LogP contribution < -0.4 is 11.5 Å². The third kappa shape index (κ3) is 9.54. The molecule has 0 bridgehead atoms. The summed E-state index contributed by atoms with van der Waals surface area (Å²) >= 11 is 0. The molecule has 2 aromatic carbocycles. The van der Waals surface area contributed by atoms with E-state index in [4.69, 9.17) is 16.2 Å². The zero-order valence-electron chi connectivity index (χ0n) is 29.1. The highest BCUT2D eigenvalue weighted by Gasteiger charge is 2.20. The molecule has 49 heavy (non-hydrogen) atoms. The van der Waals surface area contributed by atoms with Gasteiger partial charge in [-0.1, -0.05) is 61.4 Å². The summed E-state index contributed by atoms with van der Waals surface area (Å²) in [5.74, 6) is -0.423. The van der Waals surface area contributed by atoms with E-state index in [1.54, 1.807) is 18.5 Å². The molecule has 0 unspecified atom stereocenters. The number of likely N-dealkylation sites (tertiary alicyclic amines) is 1. The van der Waals surface area contributed by atoms with Gasteiger partial charge >= 0.3 is 0 Å². The van der Waals surface area contributed by atoms with Crippen molar-refractivity contribution in [3.8, 4) is 22.3 Å². The fourth-order valence-electron chi connectivity index (χ4n) is 6.91. The molecule has 1 aliphatic carbocycles. The zero-order chi connectivity index (χ0) is 34.2. The van der Waals surface area contributed by atoms with E-state index in [2.05, 4.69) is 87.4 Å². The Hall–Kier alpha value is -4.09. The van der Waals surface area contributed by atoms with Crippen LogP contribution in [-0.2, 0) is 17.9 Å². The van der Waals surface area contributed by atoms with Crippen LogP contribution in [0, 0.1) is 0 Å². The van der Waals surface area contributed by atoms with Gasteiger partial charge in [0.2, 0.25) is 0 Å². The number of piperazine rings is 1. The average Bonchev–Trinajstić information content (AvgIpc) is 3.83. The minimum Gasteiger partial charge on any atom is -0.383 e. The van der Waals surface area contributed by atoms with Crippen molar-refractivity contribution in [3.05, 3.63) is 89.9 Å². The Morgan fingerprint density at radius 2 is 1.39 bits per heavy atom. The molecule has 1 saturated carbocycles. The lowest BCUT2D eigenvalue weighted by molar-refractivity contribution is 0.0457. The number of benzene rings is 2. The van der Waals surface area contributed by atoms with E-state index in [1.807, 2.05) is 10.9 Å². The SMILES string of the molecule is CN1CCC(n2cc(-c3cnc(N)c(C(N)=O)c3)cn2)CC1.CN1CCN(Cc2ccc(-c3ccc(COC4CCCC4)cc3)cc2)CC1. The third-order valence-corrected chi connectivity index (χ3v) is 10.2. The topological polar surface area (TPSA) is 119 Å². The van der Waals surface area contributed by atoms with Crippen molar-refractivity contribution in [2.75, 3.05) is 59.1 Å². The number of anilines is 1. The predicted octanol–water partition coefficient (Wildman–Crippen LogP) is 5.45. The highest BCUT2D eigenvalue weighted by atomic mass is 16.5. The van der Waals surface area contributed by atoms with E-state index in [0.717, 1.165) is 50.2 Å². The van der Waals surface area contributed by atoms with Gasteiger partial charge in [0.25, 0.3) is 5.91 Å². The fourth-order valence-corrected chi connectivity index (χ4v) is 6.91. The number of pyridine rings is 1. The number of amides is 1. The smallest absolute Gasteiger partial charge is 0.252 e. The number of nitrogens with zero attached hydrogens (tertiary/aromatic N) is 6. The highest BCUT2D eigenvalue weighted by Crippen LogP contribution is 2.27. The van der Waals surface area contributed by atoms with Crippen molar-refractivity contribution in [2.45, 2.75) is 63.8 Å². The van der Waals surface area contributed by atoms with E-state index in [1.165, 1.54) is 74.1 Å². The van der Waals surface area contributed by atoms with Crippen LogP contribution in [0.2, 0.25) is 0 Å². The second-order valence-electron chi connectivity index (χ2n) is 14.0. The summed E-state index contributed by atoms with van der Waals surface area (Å²) in [4.78, 5) is 22.7. The van der Waals surface area contributed by atoms with Gasteiger partial charge in [-0.05, 0) is 81.2 Å². The summed E-state index contributed by atoms with van der Waals surface area (Å²) in [5.41, 5.74) is 18.2. The van der Waals surface area contributed by atoms with Gasteiger partial charge in [0.05, 0.1) is 30.5 Å². The van der Waals surface area contributed by atoms with Crippen molar-refractivity contribution < 1.29 is 9.53 Å². The standard InChI is InChI=1S/C24H32N2O.C15H20N6O/c1-25-14-16-26(17-15-25)18-20-6-10-22(11-7-20)23-12-8-21(9-13-23)19-27-24-4-2-3-5-24;1-20-4-2-12(3-5-20)21-9-11(8-19-21)10-6-13(15(17)22)14(16)18-7-10/h6-13,24H,2-5,14-19H2,1H3;6-9,12H,2-5H2,1H3,(H2,16,18)(H2,17,22). The summed E-state index contributed by atoms with van der Waals surface area (Å²) in [6.07, 6.45) is 13.2.